The van der Waals surface area contributed by atoms with Crippen LogP contribution in [-0.2, 0) is 4.79 Å². The molecule has 1 aliphatic heterocycles. The molecule has 2 aromatic rings. The van der Waals surface area contributed by atoms with Crippen molar-refractivity contribution in [3.05, 3.63) is 23.5 Å². The lowest BCUT2D eigenvalue weighted by Crippen LogP contribution is -2.39. The maximum Gasteiger partial charge on any atom is 0.240 e. The van der Waals surface area contributed by atoms with Crippen molar-refractivity contribution in [3.8, 4) is 0 Å². The van der Waals surface area contributed by atoms with Crippen LogP contribution < -0.4 is 5.32 Å². The minimum absolute atomic E-state index is 0.0352. The molecule has 7 nitrogen and oxygen atoms in total. The molecule has 1 fully saturated rings. The minimum Gasteiger partial charge on any atom is -0.299 e. The Kier molecular flexibility index (Phi) is 4.03. The molecule has 2 N–H and O–H groups in total. The number of hydrogen-bond acceptors (Lipinski definition) is 6. The van der Waals surface area contributed by atoms with Gasteiger partial charge in [0.15, 0.2) is 0 Å². The third-order valence-electron chi connectivity index (χ3n) is 3.44. The number of hydrogen-bond donors (Lipinski definition) is 2. The van der Waals surface area contributed by atoms with E-state index in [9.17, 15) is 4.79 Å². The average molecular weight is 292 g/mol. The Morgan fingerprint density at radius 1 is 1.60 bits per heavy atom. The van der Waals surface area contributed by atoms with Gasteiger partial charge in [-0.2, -0.15) is 5.10 Å². The van der Waals surface area contributed by atoms with E-state index < -0.39 is 0 Å². The first-order chi connectivity index (χ1) is 9.81. The van der Waals surface area contributed by atoms with E-state index in [-0.39, 0.29) is 5.91 Å². The SMILES string of the molecule is O=C(CN1CCC[C@@H](c2ccn[nH]2)C1)Nc1nncs1. The van der Waals surface area contributed by atoms with Crippen LogP contribution in [0, 0.1) is 0 Å². The highest BCUT2D eigenvalue weighted by molar-refractivity contribution is 7.13. The summed E-state index contributed by atoms with van der Waals surface area (Å²) >= 11 is 1.33. The number of likely N-dealkylation sites (tertiary alicyclic amines) is 1. The van der Waals surface area contributed by atoms with E-state index in [1.165, 1.54) is 11.3 Å². The number of H-pyrrole nitrogens is 1. The predicted octanol–water partition coefficient (Wildman–Crippen LogP) is 1.08. The van der Waals surface area contributed by atoms with Gasteiger partial charge in [0.25, 0.3) is 0 Å². The molecular formula is C12H16N6OS. The van der Waals surface area contributed by atoms with Gasteiger partial charge in [-0.05, 0) is 25.5 Å². The number of carbonyl (C=O) groups excluding carboxylic acids is 1. The summed E-state index contributed by atoms with van der Waals surface area (Å²) in [4.78, 5) is 14.1. The molecule has 0 unspecified atom stereocenters. The normalized spacial score (nSPS) is 19.9. The highest BCUT2D eigenvalue weighted by Crippen LogP contribution is 2.24. The zero-order valence-corrected chi connectivity index (χ0v) is 11.8. The molecule has 1 aliphatic rings. The first-order valence-corrected chi connectivity index (χ1v) is 7.47. The summed E-state index contributed by atoms with van der Waals surface area (Å²) in [6.45, 7) is 2.23. The summed E-state index contributed by atoms with van der Waals surface area (Å²) in [5, 5.41) is 17.8. The van der Waals surface area contributed by atoms with Gasteiger partial charge >= 0.3 is 0 Å². The highest BCUT2D eigenvalue weighted by Gasteiger charge is 2.23. The number of aromatic nitrogens is 4. The minimum atomic E-state index is -0.0352. The van der Waals surface area contributed by atoms with Gasteiger partial charge in [0.05, 0.1) is 6.54 Å². The van der Waals surface area contributed by atoms with Gasteiger partial charge in [0, 0.05) is 24.4 Å². The zero-order chi connectivity index (χ0) is 13.8. The quantitative estimate of drug-likeness (QED) is 0.880. The lowest BCUT2D eigenvalue weighted by atomic mass is 9.95. The molecule has 0 bridgehead atoms. The van der Waals surface area contributed by atoms with E-state index in [1.54, 1.807) is 11.7 Å². The van der Waals surface area contributed by atoms with Crippen LogP contribution in [0.1, 0.15) is 24.5 Å². The van der Waals surface area contributed by atoms with Crippen molar-refractivity contribution in [2.45, 2.75) is 18.8 Å². The molecule has 2 aromatic heterocycles. The molecule has 8 heteroatoms. The lowest BCUT2D eigenvalue weighted by Gasteiger charge is -2.31. The van der Waals surface area contributed by atoms with Crippen LogP contribution in [0.25, 0.3) is 0 Å². The molecule has 0 aliphatic carbocycles. The van der Waals surface area contributed by atoms with Gasteiger partial charge in [-0.15, -0.1) is 10.2 Å². The monoisotopic (exact) mass is 292 g/mol. The molecule has 106 valence electrons. The van der Waals surface area contributed by atoms with E-state index in [2.05, 4.69) is 30.6 Å². The number of rotatable bonds is 4. The second-order valence-electron chi connectivity index (χ2n) is 4.88. The molecule has 0 saturated carbocycles. The molecular weight excluding hydrogens is 276 g/mol. The first kappa shape index (κ1) is 13.2. The highest BCUT2D eigenvalue weighted by atomic mass is 32.1. The first-order valence-electron chi connectivity index (χ1n) is 6.59. The van der Waals surface area contributed by atoms with Crippen LogP contribution in [-0.4, -0.2) is 50.8 Å². The Balaban J connectivity index is 1.53. The predicted molar refractivity (Wildman–Crippen MR) is 75.5 cm³/mol. The summed E-state index contributed by atoms with van der Waals surface area (Å²) in [6.07, 6.45) is 4.00. The van der Waals surface area contributed by atoms with Gasteiger partial charge in [-0.25, -0.2) is 0 Å². The Morgan fingerprint density at radius 3 is 3.30 bits per heavy atom. The molecule has 3 heterocycles. The summed E-state index contributed by atoms with van der Waals surface area (Å²) < 4.78 is 0. The number of nitrogens with one attached hydrogen (secondary N) is 2. The van der Waals surface area contributed by atoms with Crippen LogP contribution in [0.3, 0.4) is 0 Å². The number of amides is 1. The average Bonchev–Trinajstić information content (AvgIpc) is 3.11. The molecule has 1 atom stereocenters. The molecule has 0 radical (unpaired) electrons. The Labute approximate surface area is 120 Å². The third-order valence-corrected chi connectivity index (χ3v) is 4.05. The number of aromatic amines is 1. The van der Waals surface area contributed by atoms with Gasteiger partial charge in [-0.3, -0.25) is 20.1 Å². The lowest BCUT2D eigenvalue weighted by molar-refractivity contribution is -0.117. The molecule has 1 saturated heterocycles. The molecule has 1 amide bonds. The largest absolute Gasteiger partial charge is 0.299 e. The summed E-state index contributed by atoms with van der Waals surface area (Å²) in [7, 11) is 0. The number of carbonyl (C=O) groups is 1. The van der Waals surface area contributed by atoms with Crippen molar-refractivity contribution in [1.82, 2.24) is 25.3 Å². The van der Waals surface area contributed by atoms with Crippen LogP contribution in [0.2, 0.25) is 0 Å². The summed E-state index contributed by atoms with van der Waals surface area (Å²) in [6, 6.07) is 2.01. The van der Waals surface area contributed by atoms with Crippen molar-refractivity contribution in [2.24, 2.45) is 0 Å². The fraction of sp³-hybridized carbons (Fsp3) is 0.500. The number of nitrogens with zero attached hydrogens (tertiary/aromatic N) is 4. The fourth-order valence-corrected chi connectivity index (χ4v) is 3.00. The zero-order valence-electron chi connectivity index (χ0n) is 11.0. The maximum atomic E-state index is 11.9. The van der Waals surface area contributed by atoms with Crippen molar-refractivity contribution in [1.29, 1.82) is 0 Å². The van der Waals surface area contributed by atoms with Gasteiger partial charge < -0.3 is 0 Å². The number of piperidine rings is 1. The van der Waals surface area contributed by atoms with Crippen molar-refractivity contribution in [2.75, 3.05) is 25.0 Å². The van der Waals surface area contributed by atoms with E-state index in [0.29, 0.717) is 17.6 Å². The second kappa shape index (κ2) is 6.10. The maximum absolute atomic E-state index is 11.9. The summed E-state index contributed by atoms with van der Waals surface area (Å²) in [5.74, 6) is 0.396. The molecule has 0 aromatic carbocycles. The van der Waals surface area contributed by atoms with Crippen molar-refractivity contribution >= 4 is 22.4 Å². The topological polar surface area (TPSA) is 86.8 Å². The molecule has 0 spiro atoms. The molecule has 3 rings (SSSR count). The van der Waals surface area contributed by atoms with Crippen LogP contribution in [0.15, 0.2) is 17.8 Å². The Morgan fingerprint density at radius 2 is 2.55 bits per heavy atom. The van der Waals surface area contributed by atoms with Crippen LogP contribution >= 0.6 is 11.3 Å². The van der Waals surface area contributed by atoms with Crippen molar-refractivity contribution < 1.29 is 4.79 Å². The van der Waals surface area contributed by atoms with E-state index in [1.807, 2.05) is 6.07 Å². The molecule has 20 heavy (non-hydrogen) atoms. The smallest absolute Gasteiger partial charge is 0.240 e. The third kappa shape index (κ3) is 3.20. The van der Waals surface area contributed by atoms with Crippen LogP contribution in [0.5, 0.6) is 0 Å². The fourth-order valence-electron chi connectivity index (χ4n) is 2.54. The van der Waals surface area contributed by atoms with E-state index >= 15 is 0 Å². The second-order valence-corrected chi connectivity index (χ2v) is 5.71. The Hall–Kier alpha value is -1.80. The Bertz CT molecular complexity index is 540. The van der Waals surface area contributed by atoms with Gasteiger partial charge in [-0.1, -0.05) is 11.3 Å². The van der Waals surface area contributed by atoms with Gasteiger partial charge in [0.2, 0.25) is 11.0 Å². The van der Waals surface area contributed by atoms with E-state index in [4.69, 9.17) is 0 Å². The van der Waals surface area contributed by atoms with Crippen LogP contribution in [0.4, 0.5) is 5.13 Å². The summed E-state index contributed by atoms with van der Waals surface area (Å²) in [5.41, 5.74) is 2.75. The standard InChI is InChI=1S/C12H16N6OS/c19-11(15-12-17-14-8-20-12)7-18-5-1-2-9(6-18)10-3-4-13-16-10/h3-4,8-9H,1-2,5-7H2,(H,13,16)(H,15,17,19)/t9-/m1/s1. The number of anilines is 1. The van der Waals surface area contributed by atoms with Crippen molar-refractivity contribution in [3.63, 3.8) is 0 Å². The van der Waals surface area contributed by atoms with Gasteiger partial charge in [0.1, 0.15) is 5.51 Å². The van der Waals surface area contributed by atoms with E-state index in [0.717, 1.165) is 31.6 Å².